The first-order valence-corrected chi connectivity index (χ1v) is 6.79. The van der Waals surface area contributed by atoms with Crippen molar-refractivity contribution < 1.29 is 8.42 Å². The minimum Gasteiger partial charge on any atom is -0.254 e. The van der Waals surface area contributed by atoms with Crippen LogP contribution in [0.15, 0.2) is 18.3 Å². The lowest BCUT2D eigenvalue weighted by Crippen LogP contribution is -2.33. The van der Waals surface area contributed by atoms with Crippen LogP contribution in [0.5, 0.6) is 0 Å². The van der Waals surface area contributed by atoms with Gasteiger partial charge in [-0.25, -0.2) is 4.98 Å². The molecule has 0 spiro atoms. The van der Waals surface area contributed by atoms with Crippen LogP contribution in [0.25, 0.3) is 0 Å². The van der Waals surface area contributed by atoms with E-state index < -0.39 is 10.2 Å². The van der Waals surface area contributed by atoms with Gasteiger partial charge in [0.05, 0.1) is 0 Å². The highest BCUT2D eigenvalue weighted by Crippen LogP contribution is 2.17. The van der Waals surface area contributed by atoms with Crippen molar-refractivity contribution in [1.82, 2.24) is 9.29 Å². The molecule has 1 N–H and O–H groups in total. The average Bonchev–Trinajstić information content (AvgIpc) is 2.69. The molecule has 2 heterocycles. The third-order valence-corrected chi connectivity index (χ3v) is 4.11. The van der Waals surface area contributed by atoms with Crippen LogP contribution in [0.4, 0.5) is 5.82 Å². The van der Waals surface area contributed by atoms with Gasteiger partial charge < -0.3 is 0 Å². The van der Waals surface area contributed by atoms with Crippen LogP contribution in [0.2, 0.25) is 5.02 Å². The van der Waals surface area contributed by atoms with Gasteiger partial charge in [-0.2, -0.15) is 12.7 Å². The minimum atomic E-state index is -3.47. The van der Waals surface area contributed by atoms with E-state index in [2.05, 4.69) is 9.71 Å². The molecular weight excluding hydrogens is 250 g/mol. The first kappa shape index (κ1) is 11.6. The maximum absolute atomic E-state index is 11.8. The van der Waals surface area contributed by atoms with Crippen LogP contribution < -0.4 is 4.72 Å². The fourth-order valence-corrected chi connectivity index (χ4v) is 2.99. The van der Waals surface area contributed by atoms with Gasteiger partial charge in [0.1, 0.15) is 5.82 Å². The average molecular weight is 262 g/mol. The number of nitrogens with zero attached hydrogens (tertiary/aromatic N) is 2. The summed E-state index contributed by atoms with van der Waals surface area (Å²) in [6, 6.07) is 3.07. The Morgan fingerprint density at radius 1 is 1.38 bits per heavy atom. The molecule has 0 radical (unpaired) electrons. The second-order valence-corrected chi connectivity index (χ2v) is 5.68. The molecule has 7 heteroatoms. The third-order valence-electron chi connectivity index (χ3n) is 2.36. The van der Waals surface area contributed by atoms with Crippen LogP contribution in [0.1, 0.15) is 12.8 Å². The van der Waals surface area contributed by atoms with Gasteiger partial charge in [-0.15, -0.1) is 0 Å². The molecule has 1 fully saturated rings. The zero-order chi connectivity index (χ0) is 11.6. The Kier molecular flexibility index (Phi) is 3.32. The highest BCUT2D eigenvalue weighted by atomic mass is 35.5. The summed E-state index contributed by atoms with van der Waals surface area (Å²) in [6.45, 7) is 1.13. The molecule has 0 atom stereocenters. The van der Waals surface area contributed by atoms with Crippen molar-refractivity contribution in [3.05, 3.63) is 23.4 Å². The van der Waals surface area contributed by atoms with Crippen LogP contribution in [-0.2, 0) is 10.2 Å². The summed E-state index contributed by atoms with van der Waals surface area (Å²) < 4.78 is 27.5. The second-order valence-electron chi connectivity index (χ2n) is 3.57. The van der Waals surface area contributed by atoms with Crippen LogP contribution in [0.3, 0.4) is 0 Å². The van der Waals surface area contributed by atoms with Gasteiger partial charge in [-0.05, 0) is 18.9 Å². The summed E-state index contributed by atoms with van der Waals surface area (Å²) in [4.78, 5) is 3.89. The number of pyridine rings is 1. The van der Waals surface area contributed by atoms with Crippen molar-refractivity contribution in [2.45, 2.75) is 12.8 Å². The summed E-state index contributed by atoms with van der Waals surface area (Å²) in [5, 5.41) is 0.453. The zero-order valence-corrected chi connectivity index (χ0v) is 10.1. The molecule has 0 bridgehead atoms. The van der Waals surface area contributed by atoms with E-state index in [1.54, 1.807) is 6.07 Å². The molecule has 1 aromatic heterocycles. The normalized spacial score (nSPS) is 17.6. The smallest absolute Gasteiger partial charge is 0.254 e. The van der Waals surface area contributed by atoms with Crippen molar-refractivity contribution in [2.75, 3.05) is 17.8 Å². The second kappa shape index (κ2) is 4.57. The van der Waals surface area contributed by atoms with Gasteiger partial charge in [0.25, 0.3) is 0 Å². The molecule has 0 aliphatic carbocycles. The maximum Gasteiger partial charge on any atom is 0.302 e. The van der Waals surface area contributed by atoms with Gasteiger partial charge in [0, 0.05) is 30.4 Å². The van der Waals surface area contributed by atoms with E-state index in [-0.39, 0.29) is 5.82 Å². The van der Waals surface area contributed by atoms with Crippen molar-refractivity contribution in [1.29, 1.82) is 0 Å². The van der Waals surface area contributed by atoms with Crippen molar-refractivity contribution >= 4 is 27.6 Å². The summed E-state index contributed by atoms with van der Waals surface area (Å²) in [6.07, 6.45) is 3.28. The van der Waals surface area contributed by atoms with Crippen LogP contribution >= 0.6 is 11.6 Å². The van der Waals surface area contributed by atoms with E-state index in [0.717, 1.165) is 12.8 Å². The van der Waals surface area contributed by atoms with Crippen molar-refractivity contribution in [3.8, 4) is 0 Å². The Morgan fingerprint density at radius 3 is 2.69 bits per heavy atom. The number of rotatable bonds is 3. The highest BCUT2D eigenvalue weighted by molar-refractivity contribution is 7.90. The quantitative estimate of drug-likeness (QED) is 0.897. The topological polar surface area (TPSA) is 62.3 Å². The molecule has 0 aromatic carbocycles. The molecule has 5 nitrogen and oxygen atoms in total. The van der Waals surface area contributed by atoms with Gasteiger partial charge in [0.2, 0.25) is 0 Å². The van der Waals surface area contributed by atoms with E-state index >= 15 is 0 Å². The number of nitrogens with one attached hydrogen (secondary N) is 1. The molecule has 16 heavy (non-hydrogen) atoms. The standard InChI is InChI=1S/C9H12ClN3O2S/c10-8-3-4-11-9(7-8)12-16(14,15)13-5-1-2-6-13/h3-4,7H,1-2,5-6H2,(H,11,12). The molecule has 1 saturated heterocycles. The van der Waals surface area contributed by atoms with E-state index in [1.165, 1.54) is 16.6 Å². The van der Waals surface area contributed by atoms with Crippen molar-refractivity contribution in [3.63, 3.8) is 0 Å². The Balaban J connectivity index is 2.14. The molecule has 0 unspecified atom stereocenters. The van der Waals surface area contributed by atoms with E-state index in [4.69, 9.17) is 11.6 Å². The molecule has 1 aliphatic heterocycles. The molecule has 0 saturated carbocycles. The van der Waals surface area contributed by atoms with Crippen LogP contribution in [-0.4, -0.2) is 30.8 Å². The summed E-state index contributed by atoms with van der Waals surface area (Å²) in [5.41, 5.74) is 0. The van der Waals surface area contributed by atoms with Gasteiger partial charge >= 0.3 is 10.2 Å². The van der Waals surface area contributed by atoms with Gasteiger partial charge in [0.15, 0.2) is 0 Å². The van der Waals surface area contributed by atoms with E-state index in [0.29, 0.717) is 18.1 Å². The zero-order valence-electron chi connectivity index (χ0n) is 8.56. The SMILES string of the molecule is O=S(=O)(Nc1cc(Cl)ccn1)N1CCCC1. The first-order chi connectivity index (χ1) is 7.58. The number of anilines is 1. The Bertz CT molecular complexity index is 471. The van der Waals surface area contributed by atoms with Gasteiger partial charge in [-0.3, -0.25) is 4.72 Å². The summed E-state index contributed by atoms with van der Waals surface area (Å²) >= 11 is 5.74. The Morgan fingerprint density at radius 2 is 2.06 bits per heavy atom. The fraction of sp³-hybridized carbons (Fsp3) is 0.444. The summed E-state index contributed by atoms with van der Waals surface area (Å²) in [5.74, 6) is 0.249. The lowest BCUT2D eigenvalue weighted by Gasteiger charge is -2.16. The summed E-state index contributed by atoms with van der Waals surface area (Å²) in [7, 11) is -3.47. The monoisotopic (exact) mass is 261 g/mol. The predicted octanol–water partition coefficient (Wildman–Crippen LogP) is 1.49. The largest absolute Gasteiger partial charge is 0.302 e. The molecule has 1 aromatic rings. The van der Waals surface area contributed by atoms with E-state index in [9.17, 15) is 8.42 Å². The Hall–Kier alpha value is -0.850. The van der Waals surface area contributed by atoms with Crippen LogP contribution in [0, 0.1) is 0 Å². The number of aromatic nitrogens is 1. The minimum absolute atomic E-state index is 0.249. The molecule has 1 aliphatic rings. The Labute approximate surface area is 99.6 Å². The number of halogens is 1. The molecule has 2 rings (SSSR count). The lowest BCUT2D eigenvalue weighted by molar-refractivity contribution is 0.482. The first-order valence-electron chi connectivity index (χ1n) is 4.97. The van der Waals surface area contributed by atoms with E-state index in [1.807, 2.05) is 0 Å². The highest BCUT2D eigenvalue weighted by Gasteiger charge is 2.25. The third kappa shape index (κ3) is 2.63. The fourth-order valence-electron chi connectivity index (χ4n) is 1.59. The number of hydrogen-bond acceptors (Lipinski definition) is 3. The number of hydrogen-bond donors (Lipinski definition) is 1. The lowest BCUT2D eigenvalue weighted by atomic mass is 10.4. The van der Waals surface area contributed by atoms with Crippen molar-refractivity contribution in [2.24, 2.45) is 0 Å². The molecular formula is C9H12ClN3O2S. The predicted molar refractivity (Wildman–Crippen MR) is 62.6 cm³/mol. The molecule has 0 amide bonds. The maximum atomic E-state index is 11.8. The molecule has 88 valence electrons. The van der Waals surface area contributed by atoms with Gasteiger partial charge in [-0.1, -0.05) is 11.6 Å².